The number of nitrogens with zero attached hydrogens (tertiary/aromatic N) is 2. The number of fused-ring (bicyclic) bond motifs is 1. The maximum absolute atomic E-state index is 4.93. The summed E-state index contributed by atoms with van der Waals surface area (Å²) in [4.78, 5) is 6.17. The van der Waals surface area contributed by atoms with Crippen LogP contribution in [0, 0.1) is 6.92 Å². The van der Waals surface area contributed by atoms with E-state index in [1.165, 1.54) is 42.5 Å². The number of pyridine rings is 1. The molecule has 0 aliphatic heterocycles. The fourth-order valence-electron chi connectivity index (χ4n) is 3.37. The fourth-order valence-corrected chi connectivity index (χ4v) is 4.08. The van der Waals surface area contributed by atoms with E-state index in [2.05, 4.69) is 52.5 Å². The minimum absolute atomic E-state index is 0.577. The van der Waals surface area contributed by atoms with Gasteiger partial charge in [0, 0.05) is 12.2 Å². The van der Waals surface area contributed by atoms with Crippen LogP contribution in [0.1, 0.15) is 37.7 Å². The number of hydrogen-bond acceptors (Lipinski definition) is 3. The Balaban J connectivity index is 1.82. The van der Waals surface area contributed by atoms with Crippen LogP contribution in [0.3, 0.4) is 0 Å². The first-order valence-electron chi connectivity index (χ1n) is 8.11. The number of aryl methyl sites for hydroxylation is 1. The van der Waals surface area contributed by atoms with Gasteiger partial charge in [0.2, 0.25) is 0 Å². The molecule has 1 saturated carbocycles. The summed E-state index contributed by atoms with van der Waals surface area (Å²) < 4.78 is 2.22. The van der Waals surface area contributed by atoms with Crippen molar-refractivity contribution in [1.29, 1.82) is 0 Å². The lowest BCUT2D eigenvalue weighted by atomic mass is 9.95. The summed E-state index contributed by atoms with van der Waals surface area (Å²) in [5.74, 6) is 1.16. The van der Waals surface area contributed by atoms with Gasteiger partial charge in [-0.2, -0.15) is 0 Å². The predicted octanol–water partition coefficient (Wildman–Crippen LogP) is 5.12. The van der Waals surface area contributed by atoms with Crippen molar-refractivity contribution in [1.82, 2.24) is 9.38 Å². The van der Waals surface area contributed by atoms with E-state index in [0.717, 1.165) is 17.2 Å². The monoisotopic (exact) mass is 311 g/mol. The first-order chi connectivity index (χ1) is 10.8. The van der Waals surface area contributed by atoms with E-state index in [1.807, 2.05) is 0 Å². The number of nitrogens with one attached hydrogen (secondary N) is 1. The van der Waals surface area contributed by atoms with Gasteiger partial charge in [-0.05, 0) is 42.8 Å². The van der Waals surface area contributed by atoms with Gasteiger partial charge in [0.15, 0.2) is 0 Å². The number of thiophene rings is 1. The summed E-state index contributed by atoms with van der Waals surface area (Å²) in [5, 5.41) is 5.92. The minimum atomic E-state index is 0.577. The molecule has 3 nitrogen and oxygen atoms in total. The van der Waals surface area contributed by atoms with Crippen LogP contribution >= 0.6 is 11.3 Å². The molecule has 0 atom stereocenters. The lowest BCUT2D eigenvalue weighted by Gasteiger charge is -2.24. The van der Waals surface area contributed by atoms with Crippen LogP contribution in [0.5, 0.6) is 0 Å². The molecule has 0 unspecified atom stereocenters. The fraction of sp³-hybridized carbons (Fsp3) is 0.389. The van der Waals surface area contributed by atoms with Gasteiger partial charge in [0.25, 0.3) is 0 Å². The molecular formula is C18H21N3S. The SMILES string of the molecule is Cc1cccn2c(NC3CCCCC3)c(-c3cccs3)nc12. The van der Waals surface area contributed by atoms with Gasteiger partial charge < -0.3 is 5.32 Å². The van der Waals surface area contributed by atoms with E-state index in [9.17, 15) is 0 Å². The normalized spacial score (nSPS) is 16.2. The Morgan fingerprint density at radius 1 is 1.18 bits per heavy atom. The Labute approximate surface area is 135 Å². The number of hydrogen-bond donors (Lipinski definition) is 1. The van der Waals surface area contributed by atoms with Crippen LogP contribution in [0.2, 0.25) is 0 Å². The highest BCUT2D eigenvalue weighted by atomic mass is 32.1. The quantitative estimate of drug-likeness (QED) is 0.728. The van der Waals surface area contributed by atoms with E-state index in [0.29, 0.717) is 6.04 Å². The summed E-state index contributed by atoms with van der Waals surface area (Å²) in [6.45, 7) is 2.13. The molecule has 0 aromatic carbocycles. The van der Waals surface area contributed by atoms with Crippen molar-refractivity contribution >= 4 is 22.8 Å². The van der Waals surface area contributed by atoms with E-state index in [4.69, 9.17) is 4.98 Å². The van der Waals surface area contributed by atoms with Gasteiger partial charge in [0.05, 0.1) is 4.88 Å². The Morgan fingerprint density at radius 3 is 2.82 bits per heavy atom. The van der Waals surface area contributed by atoms with Crippen molar-refractivity contribution in [3.63, 3.8) is 0 Å². The van der Waals surface area contributed by atoms with Crippen molar-refractivity contribution in [3.05, 3.63) is 41.4 Å². The second-order valence-electron chi connectivity index (χ2n) is 6.15. The molecule has 114 valence electrons. The molecule has 0 bridgehead atoms. The third-order valence-electron chi connectivity index (χ3n) is 4.55. The van der Waals surface area contributed by atoms with Crippen molar-refractivity contribution in [2.45, 2.75) is 45.1 Å². The van der Waals surface area contributed by atoms with Crippen LogP contribution in [0.15, 0.2) is 35.8 Å². The minimum Gasteiger partial charge on any atom is -0.367 e. The molecule has 0 amide bonds. The van der Waals surface area contributed by atoms with Gasteiger partial charge in [-0.15, -0.1) is 11.3 Å². The van der Waals surface area contributed by atoms with Gasteiger partial charge in [-0.1, -0.05) is 31.4 Å². The molecule has 3 heterocycles. The third kappa shape index (κ3) is 2.41. The average molecular weight is 311 g/mol. The maximum atomic E-state index is 4.93. The number of anilines is 1. The Morgan fingerprint density at radius 2 is 2.05 bits per heavy atom. The zero-order chi connectivity index (χ0) is 14.9. The van der Waals surface area contributed by atoms with Crippen molar-refractivity contribution < 1.29 is 0 Å². The highest BCUT2D eigenvalue weighted by molar-refractivity contribution is 7.13. The number of rotatable bonds is 3. The van der Waals surface area contributed by atoms with Crippen LogP contribution < -0.4 is 5.32 Å². The lowest BCUT2D eigenvalue weighted by molar-refractivity contribution is 0.462. The summed E-state index contributed by atoms with van der Waals surface area (Å²) >= 11 is 1.76. The number of imidazole rings is 1. The van der Waals surface area contributed by atoms with Crippen molar-refractivity contribution in [3.8, 4) is 10.6 Å². The lowest BCUT2D eigenvalue weighted by Crippen LogP contribution is -2.23. The van der Waals surface area contributed by atoms with Crippen LogP contribution in [-0.2, 0) is 0 Å². The molecule has 4 heteroatoms. The average Bonchev–Trinajstić information content (AvgIpc) is 3.17. The Hall–Kier alpha value is -1.81. The largest absolute Gasteiger partial charge is 0.367 e. The van der Waals surface area contributed by atoms with Crippen molar-refractivity contribution in [2.75, 3.05) is 5.32 Å². The topological polar surface area (TPSA) is 29.3 Å². The standard InChI is InChI=1S/C18H21N3S/c1-13-7-5-11-21-17(13)20-16(15-10-6-12-22-15)18(21)19-14-8-3-2-4-9-14/h5-7,10-12,14,19H,2-4,8-9H2,1H3. The molecule has 1 aliphatic carbocycles. The Bertz CT molecular complexity index is 767. The Kier molecular flexibility index (Phi) is 3.62. The molecular weight excluding hydrogens is 290 g/mol. The molecule has 1 aliphatic rings. The van der Waals surface area contributed by atoms with Crippen LogP contribution in [-0.4, -0.2) is 15.4 Å². The molecule has 0 radical (unpaired) electrons. The first-order valence-corrected chi connectivity index (χ1v) is 8.99. The van der Waals surface area contributed by atoms with Gasteiger partial charge in [-0.3, -0.25) is 4.40 Å². The molecule has 1 fully saturated rings. The smallest absolute Gasteiger partial charge is 0.142 e. The highest BCUT2D eigenvalue weighted by Crippen LogP contribution is 2.34. The molecule has 1 N–H and O–H groups in total. The zero-order valence-corrected chi connectivity index (χ0v) is 13.7. The molecule has 0 saturated heterocycles. The van der Waals surface area contributed by atoms with E-state index >= 15 is 0 Å². The van der Waals surface area contributed by atoms with E-state index < -0.39 is 0 Å². The summed E-state index contributed by atoms with van der Waals surface area (Å²) in [5.41, 5.74) is 3.37. The summed E-state index contributed by atoms with van der Waals surface area (Å²) in [6.07, 6.45) is 8.70. The summed E-state index contributed by atoms with van der Waals surface area (Å²) in [6, 6.07) is 9.07. The second-order valence-corrected chi connectivity index (χ2v) is 7.10. The van der Waals surface area contributed by atoms with Gasteiger partial charge in [-0.25, -0.2) is 4.98 Å². The second kappa shape index (κ2) is 5.76. The van der Waals surface area contributed by atoms with Crippen LogP contribution in [0.25, 0.3) is 16.2 Å². The molecule has 4 rings (SSSR count). The third-order valence-corrected chi connectivity index (χ3v) is 5.42. The van der Waals surface area contributed by atoms with E-state index in [1.54, 1.807) is 11.3 Å². The summed E-state index contributed by atoms with van der Waals surface area (Å²) in [7, 11) is 0. The zero-order valence-electron chi connectivity index (χ0n) is 12.9. The predicted molar refractivity (Wildman–Crippen MR) is 93.7 cm³/mol. The van der Waals surface area contributed by atoms with Gasteiger partial charge in [0.1, 0.15) is 17.2 Å². The molecule has 0 spiro atoms. The van der Waals surface area contributed by atoms with Gasteiger partial charge >= 0.3 is 0 Å². The first kappa shape index (κ1) is 13.8. The molecule has 22 heavy (non-hydrogen) atoms. The van der Waals surface area contributed by atoms with Crippen LogP contribution in [0.4, 0.5) is 5.82 Å². The molecule has 3 aromatic heterocycles. The molecule has 3 aromatic rings. The van der Waals surface area contributed by atoms with E-state index in [-0.39, 0.29) is 0 Å². The number of aromatic nitrogens is 2. The highest BCUT2D eigenvalue weighted by Gasteiger charge is 2.20. The van der Waals surface area contributed by atoms with Crippen molar-refractivity contribution in [2.24, 2.45) is 0 Å². The maximum Gasteiger partial charge on any atom is 0.142 e.